The molecule has 1 aromatic heterocycles. The van der Waals surface area contributed by atoms with Crippen LogP contribution in [0.25, 0.3) is 11.3 Å². The molecular formula is C17H21ClN4O2. The second-order valence-electron chi connectivity index (χ2n) is 5.72. The first kappa shape index (κ1) is 18.2. The molecule has 0 radical (unpaired) electrons. The van der Waals surface area contributed by atoms with Crippen LogP contribution in [0.1, 0.15) is 6.92 Å². The Bertz CT molecular complexity index is 748. The summed E-state index contributed by atoms with van der Waals surface area (Å²) in [6, 6.07) is 12.9. The van der Waals surface area contributed by atoms with Crippen molar-refractivity contribution in [2.75, 3.05) is 19.6 Å². The standard InChI is InChI=1S/C17H20N4O2.ClH/c1-13-11-18-9-10-20(13)17(23)12-21-16(22)8-7-15(19-21)14-5-3-2-4-6-14;/h2-8,13,18H,9-12H2,1H3;1H. The average molecular weight is 349 g/mol. The highest BCUT2D eigenvalue weighted by molar-refractivity contribution is 5.85. The Morgan fingerprint density at radius 1 is 1.25 bits per heavy atom. The van der Waals surface area contributed by atoms with Crippen LogP contribution in [0, 0.1) is 0 Å². The van der Waals surface area contributed by atoms with E-state index < -0.39 is 0 Å². The van der Waals surface area contributed by atoms with E-state index in [2.05, 4.69) is 10.4 Å². The van der Waals surface area contributed by atoms with E-state index in [9.17, 15) is 9.59 Å². The van der Waals surface area contributed by atoms with Gasteiger partial charge in [-0.1, -0.05) is 30.3 Å². The molecular weight excluding hydrogens is 328 g/mol. The molecule has 0 saturated carbocycles. The third kappa shape index (κ3) is 4.01. The molecule has 1 aromatic carbocycles. The van der Waals surface area contributed by atoms with Crippen molar-refractivity contribution in [3.8, 4) is 11.3 Å². The van der Waals surface area contributed by atoms with E-state index in [1.807, 2.05) is 37.3 Å². The number of nitrogens with one attached hydrogen (secondary N) is 1. The smallest absolute Gasteiger partial charge is 0.267 e. The van der Waals surface area contributed by atoms with Crippen LogP contribution in [-0.4, -0.2) is 46.3 Å². The summed E-state index contributed by atoms with van der Waals surface area (Å²) in [5.74, 6) is -0.0705. The number of hydrogen-bond donors (Lipinski definition) is 1. The van der Waals surface area contributed by atoms with Crippen LogP contribution in [0.2, 0.25) is 0 Å². The number of carbonyl (C=O) groups excluding carboxylic acids is 1. The molecule has 1 atom stereocenters. The second-order valence-corrected chi connectivity index (χ2v) is 5.72. The van der Waals surface area contributed by atoms with Crippen molar-refractivity contribution in [3.05, 3.63) is 52.8 Å². The Morgan fingerprint density at radius 3 is 2.71 bits per heavy atom. The monoisotopic (exact) mass is 348 g/mol. The minimum absolute atomic E-state index is 0. The van der Waals surface area contributed by atoms with Gasteiger partial charge in [0.2, 0.25) is 5.91 Å². The molecule has 1 N–H and O–H groups in total. The first-order valence-corrected chi connectivity index (χ1v) is 7.79. The van der Waals surface area contributed by atoms with Gasteiger partial charge in [0.05, 0.1) is 5.69 Å². The van der Waals surface area contributed by atoms with Gasteiger partial charge >= 0.3 is 0 Å². The lowest BCUT2D eigenvalue weighted by Crippen LogP contribution is -2.53. The van der Waals surface area contributed by atoms with Crippen LogP contribution < -0.4 is 10.9 Å². The lowest BCUT2D eigenvalue weighted by Gasteiger charge is -2.34. The average Bonchev–Trinajstić information content (AvgIpc) is 2.58. The van der Waals surface area contributed by atoms with E-state index in [4.69, 9.17) is 0 Å². The third-order valence-electron chi connectivity index (χ3n) is 4.04. The highest BCUT2D eigenvalue weighted by Crippen LogP contribution is 2.14. The predicted octanol–water partition coefficient (Wildman–Crippen LogP) is 1.15. The fourth-order valence-electron chi connectivity index (χ4n) is 2.76. The Kier molecular flexibility index (Phi) is 6.11. The largest absolute Gasteiger partial charge is 0.336 e. The number of rotatable bonds is 3. The maximum atomic E-state index is 12.5. The first-order chi connectivity index (χ1) is 11.1. The topological polar surface area (TPSA) is 67.2 Å². The summed E-state index contributed by atoms with van der Waals surface area (Å²) in [4.78, 5) is 26.3. The predicted molar refractivity (Wildman–Crippen MR) is 95.2 cm³/mol. The molecule has 6 nitrogen and oxygen atoms in total. The van der Waals surface area contributed by atoms with Gasteiger partial charge in [-0.25, -0.2) is 4.68 Å². The van der Waals surface area contributed by atoms with Crippen molar-refractivity contribution < 1.29 is 4.79 Å². The van der Waals surface area contributed by atoms with Gasteiger partial charge in [0.15, 0.2) is 0 Å². The van der Waals surface area contributed by atoms with Crippen LogP contribution in [0.15, 0.2) is 47.3 Å². The molecule has 3 rings (SSSR count). The lowest BCUT2D eigenvalue weighted by molar-refractivity contribution is -0.134. The summed E-state index contributed by atoms with van der Waals surface area (Å²) in [6.07, 6.45) is 0. The van der Waals surface area contributed by atoms with Crippen molar-refractivity contribution in [1.82, 2.24) is 20.0 Å². The maximum absolute atomic E-state index is 12.5. The third-order valence-corrected chi connectivity index (χ3v) is 4.04. The normalized spacial score (nSPS) is 17.2. The molecule has 0 bridgehead atoms. The Labute approximate surface area is 146 Å². The van der Waals surface area contributed by atoms with Crippen LogP contribution in [-0.2, 0) is 11.3 Å². The maximum Gasteiger partial charge on any atom is 0.267 e. The number of aromatic nitrogens is 2. The van der Waals surface area contributed by atoms with Gasteiger partial charge in [0.1, 0.15) is 6.54 Å². The van der Waals surface area contributed by atoms with Gasteiger partial charge in [-0.2, -0.15) is 5.10 Å². The second kappa shape index (κ2) is 8.08. The summed E-state index contributed by atoms with van der Waals surface area (Å²) in [5, 5.41) is 7.59. The van der Waals surface area contributed by atoms with E-state index >= 15 is 0 Å². The number of piperazine rings is 1. The molecule has 1 unspecified atom stereocenters. The van der Waals surface area contributed by atoms with Gasteiger partial charge in [0.25, 0.3) is 5.56 Å². The highest BCUT2D eigenvalue weighted by atomic mass is 35.5. The SMILES string of the molecule is CC1CNCCN1C(=O)Cn1nc(-c2ccccc2)ccc1=O.Cl. The van der Waals surface area contributed by atoms with Crippen molar-refractivity contribution in [2.45, 2.75) is 19.5 Å². The Morgan fingerprint density at radius 2 is 2.00 bits per heavy atom. The Hall–Kier alpha value is -2.18. The molecule has 7 heteroatoms. The van der Waals surface area contributed by atoms with Crippen molar-refractivity contribution in [3.63, 3.8) is 0 Å². The number of halogens is 1. The zero-order valence-corrected chi connectivity index (χ0v) is 14.3. The number of hydrogen-bond acceptors (Lipinski definition) is 4. The van der Waals surface area contributed by atoms with Crippen molar-refractivity contribution in [2.24, 2.45) is 0 Å². The number of carbonyl (C=O) groups is 1. The zero-order chi connectivity index (χ0) is 16.2. The summed E-state index contributed by atoms with van der Waals surface area (Å²) < 4.78 is 1.25. The molecule has 0 spiro atoms. The number of benzene rings is 1. The van der Waals surface area contributed by atoms with Crippen molar-refractivity contribution in [1.29, 1.82) is 0 Å². The van der Waals surface area contributed by atoms with E-state index in [1.54, 1.807) is 11.0 Å². The molecule has 1 aliphatic heterocycles. The highest BCUT2D eigenvalue weighted by Gasteiger charge is 2.23. The van der Waals surface area contributed by atoms with Gasteiger partial charge in [-0.15, -0.1) is 12.4 Å². The fraction of sp³-hybridized carbons (Fsp3) is 0.353. The van der Waals surface area contributed by atoms with Crippen LogP contribution >= 0.6 is 12.4 Å². The molecule has 24 heavy (non-hydrogen) atoms. The molecule has 2 heterocycles. The van der Waals surface area contributed by atoms with Crippen LogP contribution in [0.5, 0.6) is 0 Å². The molecule has 2 aromatic rings. The molecule has 1 fully saturated rings. The van der Waals surface area contributed by atoms with Gasteiger partial charge in [-0.3, -0.25) is 9.59 Å². The van der Waals surface area contributed by atoms with Gasteiger partial charge in [0, 0.05) is 37.3 Å². The quantitative estimate of drug-likeness (QED) is 0.903. The fourth-order valence-corrected chi connectivity index (χ4v) is 2.76. The first-order valence-electron chi connectivity index (χ1n) is 7.79. The summed E-state index contributed by atoms with van der Waals surface area (Å²) in [6.45, 7) is 4.19. The van der Waals surface area contributed by atoms with Crippen LogP contribution in [0.4, 0.5) is 0 Å². The Balaban J connectivity index is 0.00000208. The van der Waals surface area contributed by atoms with E-state index in [1.165, 1.54) is 10.7 Å². The molecule has 0 aliphatic carbocycles. The van der Waals surface area contributed by atoms with Gasteiger partial charge in [-0.05, 0) is 13.0 Å². The minimum atomic E-state index is -0.263. The molecule has 1 amide bonds. The summed E-state index contributed by atoms with van der Waals surface area (Å²) >= 11 is 0. The zero-order valence-electron chi connectivity index (χ0n) is 13.5. The molecule has 1 aliphatic rings. The number of amides is 1. The van der Waals surface area contributed by atoms with E-state index in [-0.39, 0.29) is 36.5 Å². The van der Waals surface area contributed by atoms with Crippen LogP contribution in [0.3, 0.4) is 0 Å². The van der Waals surface area contributed by atoms with Gasteiger partial charge < -0.3 is 10.2 Å². The van der Waals surface area contributed by atoms with Crippen molar-refractivity contribution >= 4 is 18.3 Å². The lowest BCUT2D eigenvalue weighted by atomic mass is 10.1. The summed E-state index contributed by atoms with van der Waals surface area (Å²) in [7, 11) is 0. The summed E-state index contributed by atoms with van der Waals surface area (Å²) in [5.41, 5.74) is 1.34. The number of nitrogens with zero attached hydrogens (tertiary/aromatic N) is 3. The molecule has 1 saturated heterocycles. The van der Waals surface area contributed by atoms with E-state index in [0.717, 1.165) is 18.7 Å². The van der Waals surface area contributed by atoms with E-state index in [0.29, 0.717) is 12.2 Å². The minimum Gasteiger partial charge on any atom is -0.336 e. The molecule has 128 valence electrons.